The molecule has 1 rings (SSSR count). The fourth-order valence-electron chi connectivity index (χ4n) is 0.898. The molecule has 0 atom stereocenters. The van der Waals surface area contributed by atoms with Crippen LogP contribution in [0.4, 0.5) is 0 Å². The molecule has 0 spiro atoms. The van der Waals surface area contributed by atoms with Gasteiger partial charge in [-0.2, -0.15) is 0 Å². The predicted octanol–water partition coefficient (Wildman–Crippen LogP) is 0.363. The lowest BCUT2D eigenvalue weighted by Gasteiger charge is -1.99. The fourth-order valence-corrected chi connectivity index (χ4v) is 0.898. The van der Waals surface area contributed by atoms with E-state index in [1.165, 1.54) is 6.20 Å². The van der Waals surface area contributed by atoms with Crippen LogP contribution in [0.2, 0.25) is 0 Å². The Hall–Kier alpha value is -1.65. The molecule has 0 aromatic carbocycles. The van der Waals surface area contributed by atoms with Gasteiger partial charge < -0.3 is 9.84 Å². The van der Waals surface area contributed by atoms with Crippen LogP contribution in [0.15, 0.2) is 16.8 Å². The molecule has 70 valence electrons. The van der Waals surface area contributed by atoms with Gasteiger partial charge in [0.2, 0.25) is 0 Å². The summed E-state index contributed by atoms with van der Waals surface area (Å²) in [6.07, 6.45) is 1.22. The Kier molecular flexibility index (Phi) is 2.79. The molecule has 5 heteroatoms. The van der Waals surface area contributed by atoms with Gasteiger partial charge in [-0.15, -0.1) is 0 Å². The van der Waals surface area contributed by atoms with Gasteiger partial charge in [0.1, 0.15) is 5.71 Å². The van der Waals surface area contributed by atoms with Crippen molar-refractivity contribution in [2.24, 2.45) is 4.99 Å². The number of carboxylic acid groups (broad SMARTS) is 1. The number of nitrogens with zero attached hydrogens (tertiary/aromatic N) is 1. The maximum atomic E-state index is 11.0. The summed E-state index contributed by atoms with van der Waals surface area (Å²) >= 11 is 0. The van der Waals surface area contributed by atoms with Crippen LogP contribution in [0.1, 0.15) is 13.3 Å². The summed E-state index contributed by atoms with van der Waals surface area (Å²) in [5.41, 5.74) is 0.266. The Bertz CT molecular complexity index is 303. The number of aliphatic carboxylic acids is 1. The van der Waals surface area contributed by atoms with Crippen LogP contribution in [0, 0.1) is 0 Å². The highest BCUT2D eigenvalue weighted by Crippen LogP contribution is 2.12. The van der Waals surface area contributed by atoms with Crippen molar-refractivity contribution in [1.29, 1.82) is 0 Å². The van der Waals surface area contributed by atoms with Gasteiger partial charge in [0.25, 0.3) is 0 Å². The van der Waals surface area contributed by atoms with Gasteiger partial charge >= 0.3 is 11.9 Å². The smallest absolute Gasteiger partial charge is 0.352 e. The summed E-state index contributed by atoms with van der Waals surface area (Å²) < 4.78 is 4.66. The summed E-state index contributed by atoms with van der Waals surface area (Å²) in [5.74, 6) is -1.60. The first-order valence-corrected chi connectivity index (χ1v) is 3.81. The molecule has 0 bridgehead atoms. The summed E-state index contributed by atoms with van der Waals surface area (Å²) in [7, 11) is 0. The van der Waals surface area contributed by atoms with Crippen LogP contribution in [0.3, 0.4) is 0 Å². The zero-order valence-corrected chi connectivity index (χ0v) is 7.11. The van der Waals surface area contributed by atoms with Gasteiger partial charge in [-0.05, 0) is 6.92 Å². The van der Waals surface area contributed by atoms with E-state index in [2.05, 4.69) is 9.73 Å². The van der Waals surface area contributed by atoms with Crippen molar-refractivity contribution in [1.82, 2.24) is 0 Å². The van der Waals surface area contributed by atoms with E-state index in [0.717, 1.165) is 0 Å². The highest BCUT2D eigenvalue weighted by molar-refractivity contribution is 6.38. The average molecular weight is 183 g/mol. The Morgan fingerprint density at radius 3 is 2.85 bits per heavy atom. The lowest BCUT2D eigenvalue weighted by atomic mass is 10.2. The number of hydrogen-bond acceptors (Lipinski definition) is 4. The summed E-state index contributed by atoms with van der Waals surface area (Å²) in [6, 6.07) is 0. The molecule has 0 unspecified atom stereocenters. The highest BCUT2D eigenvalue weighted by atomic mass is 16.5. The Balaban J connectivity index is 2.54. The molecule has 0 saturated carbocycles. The van der Waals surface area contributed by atoms with E-state index >= 15 is 0 Å². The number of aliphatic imine (C=N–C) groups is 1. The second kappa shape index (κ2) is 3.84. The minimum Gasteiger partial charge on any atom is -0.478 e. The van der Waals surface area contributed by atoms with Crippen molar-refractivity contribution in [3.05, 3.63) is 11.8 Å². The molecule has 0 amide bonds. The normalized spacial score (nSPS) is 14.8. The number of carbonyl (C=O) groups is 2. The third kappa shape index (κ3) is 2.14. The van der Waals surface area contributed by atoms with E-state index in [1.807, 2.05) is 0 Å². The summed E-state index contributed by atoms with van der Waals surface area (Å²) in [4.78, 5) is 25.1. The summed E-state index contributed by atoms with van der Waals surface area (Å²) in [5, 5.41) is 8.55. The lowest BCUT2D eigenvalue weighted by Crippen LogP contribution is -2.17. The van der Waals surface area contributed by atoms with Crippen LogP contribution >= 0.6 is 0 Å². The van der Waals surface area contributed by atoms with E-state index in [9.17, 15) is 9.59 Å². The molecule has 0 aliphatic carbocycles. The minimum absolute atomic E-state index is 0.0498. The number of hydrogen-bond donors (Lipinski definition) is 1. The molecular formula is C8H9NO4. The van der Waals surface area contributed by atoms with Crippen LogP contribution in [-0.2, 0) is 14.3 Å². The molecule has 0 aromatic heterocycles. The second-order valence-corrected chi connectivity index (χ2v) is 2.43. The quantitative estimate of drug-likeness (QED) is 0.641. The van der Waals surface area contributed by atoms with Crippen LogP contribution in [0.5, 0.6) is 0 Å². The molecule has 1 aliphatic rings. The number of esters is 1. The van der Waals surface area contributed by atoms with Gasteiger partial charge in [-0.3, -0.25) is 4.99 Å². The number of carbonyl (C=O) groups excluding carboxylic acids is 1. The Morgan fingerprint density at radius 2 is 2.38 bits per heavy atom. The molecule has 0 radical (unpaired) electrons. The van der Waals surface area contributed by atoms with Crippen molar-refractivity contribution >= 4 is 17.7 Å². The zero-order chi connectivity index (χ0) is 9.84. The van der Waals surface area contributed by atoms with Crippen molar-refractivity contribution < 1.29 is 19.4 Å². The molecule has 13 heavy (non-hydrogen) atoms. The fraction of sp³-hybridized carbons (Fsp3) is 0.375. The first-order chi connectivity index (χ1) is 6.15. The lowest BCUT2D eigenvalue weighted by molar-refractivity contribution is -0.135. The van der Waals surface area contributed by atoms with Gasteiger partial charge in [0.15, 0.2) is 0 Å². The Labute approximate surface area is 74.7 Å². The first kappa shape index (κ1) is 9.44. The van der Waals surface area contributed by atoms with E-state index < -0.39 is 11.9 Å². The second-order valence-electron chi connectivity index (χ2n) is 2.43. The molecule has 0 saturated heterocycles. The maximum Gasteiger partial charge on any atom is 0.352 e. The molecular weight excluding hydrogens is 174 g/mol. The number of rotatable bonds is 3. The standard InChI is InChI=1S/C8H9NO4/c1-2-13-8(12)6-3-5(4-9-6)7(10)11/h4H,2-3H2,1H3,(H,10,11). The largest absolute Gasteiger partial charge is 0.478 e. The maximum absolute atomic E-state index is 11.0. The van der Waals surface area contributed by atoms with Gasteiger partial charge in [-0.1, -0.05) is 0 Å². The third-order valence-corrected chi connectivity index (χ3v) is 1.52. The van der Waals surface area contributed by atoms with Crippen LogP contribution in [-0.4, -0.2) is 29.4 Å². The molecule has 0 fully saturated rings. The average Bonchev–Trinajstić information content (AvgIpc) is 2.52. The SMILES string of the molecule is CCOC(=O)C1=NC=C(C(=O)O)C1. The first-order valence-electron chi connectivity index (χ1n) is 3.81. The molecule has 1 aliphatic heterocycles. The number of ether oxygens (including phenoxy) is 1. The van der Waals surface area contributed by atoms with Crippen molar-refractivity contribution in [3.8, 4) is 0 Å². The number of carboxylic acids is 1. The molecule has 5 nitrogen and oxygen atoms in total. The van der Waals surface area contributed by atoms with E-state index in [1.54, 1.807) is 6.92 Å². The topological polar surface area (TPSA) is 76.0 Å². The van der Waals surface area contributed by atoms with Gasteiger partial charge in [0, 0.05) is 12.6 Å². The zero-order valence-electron chi connectivity index (χ0n) is 7.11. The monoisotopic (exact) mass is 183 g/mol. The van der Waals surface area contributed by atoms with Crippen molar-refractivity contribution in [3.63, 3.8) is 0 Å². The van der Waals surface area contributed by atoms with E-state index in [-0.39, 0.29) is 24.3 Å². The van der Waals surface area contributed by atoms with E-state index in [4.69, 9.17) is 5.11 Å². The van der Waals surface area contributed by atoms with Crippen LogP contribution < -0.4 is 0 Å². The van der Waals surface area contributed by atoms with E-state index in [0.29, 0.717) is 0 Å². The van der Waals surface area contributed by atoms with Gasteiger partial charge in [0.05, 0.1) is 12.2 Å². The molecule has 1 heterocycles. The van der Waals surface area contributed by atoms with Gasteiger partial charge in [-0.25, -0.2) is 9.59 Å². The Morgan fingerprint density at radius 1 is 1.69 bits per heavy atom. The predicted molar refractivity (Wildman–Crippen MR) is 44.4 cm³/mol. The molecule has 1 N–H and O–H groups in total. The minimum atomic E-state index is -1.05. The third-order valence-electron chi connectivity index (χ3n) is 1.52. The van der Waals surface area contributed by atoms with Crippen molar-refractivity contribution in [2.75, 3.05) is 6.61 Å². The molecule has 0 aromatic rings. The van der Waals surface area contributed by atoms with Crippen molar-refractivity contribution in [2.45, 2.75) is 13.3 Å². The van der Waals surface area contributed by atoms with Crippen LogP contribution in [0.25, 0.3) is 0 Å². The highest BCUT2D eigenvalue weighted by Gasteiger charge is 2.22. The summed E-state index contributed by atoms with van der Waals surface area (Å²) in [6.45, 7) is 1.94.